The van der Waals surface area contributed by atoms with Gasteiger partial charge in [-0.15, -0.1) is 0 Å². The molecule has 1 aromatic carbocycles. The second kappa shape index (κ2) is 10.5. The van der Waals surface area contributed by atoms with Crippen LogP contribution in [-0.2, 0) is 4.79 Å². The zero-order chi connectivity index (χ0) is 28.0. The highest BCUT2D eigenvalue weighted by molar-refractivity contribution is 6.35. The number of amides is 1. The van der Waals surface area contributed by atoms with Gasteiger partial charge in [0.05, 0.1) is 15.6 Å². The number of hydrogen-bond acceptors (Lipinski definition) is 8. The molecule has 4 N–H and O–H groups in total. The van der Waals surface area contributed by atoms with Gasteiger partial charge >= 0.3 is 0 Å². The van der Waals surface area contributed by atoms with E-state index in [1.807, 2.05) is 11.9 Å². The van der Waals surface area contributed by atoms with Gasteiger partial charge in [0.25, 0.3) is 0 Å². The van der Waals surface area contributed by atoms with Crippen molar-refractivity contribution in [1.82, 2.24) is 30.4 Å². The Labute approximate surface area is 239 Å². The maximum absolute atomic E-state index is 15.4. The molecule has 1 spiro atoms. The topological polar surface area (TPSA) is 125 Å². The number of piperidine rings is 1. The lowest BCUT2D eigenvalue weighted by Gasteiger charge is -2.48. The largest absolute Gasteiger partial charge is 0.471 e. The second-order valence-corrected chi connectivity index (χ2v) is 10.9. The first kappa shape index (κ1) is 26.7. The summed E-state index contributed by atoms with van der Waals surface area (Å²) in [7, 11) is 1.98. The van der Waals surface area contributed by atoms with Gasteiger partial charge in [-0.25, -0.2) is 9.37 Å². The number of rotatable bonds is 5. The van der Waals surface area contributed by atoms with Crippen LogP contribution in [0.2, 0.25) is 10.0 Å². The van der Waals surface area contributed by atoms with Crippen LogP contribution >= 0.6 is 23.2 Å². The van der Waals surface area contributed by atoms with E-state index >= 15 is 4.39 Å². The molecular formula is C27H27Cl2FN8O2. The zero-order valence-electron chi connectivity index (χ0n) is 21.6. The second-order valence-electron chi connectivity index (χ2n) is 10.1. The van der Waals surface area contributed by atoms with Crippen LogP contribution in [0.25, 0.3) is 22.2 Å². The van der Waals surface area contributed by atoms with E-state index in [4.69, 9.17) is 33.7 Å². The lowest BCUT2D eigenvalue weighted by molar-refractivity contribution is -0.137. The number of nitrogens with two attached hydrogens (primary N) is 1. The van der Waals surface area contributed by atoms with Crippen LogP contribution < -0.4 is 20.7 Å². The summed E-state index contributed by atoms with van der Waals surface area (Å²) in [6.07, 6.45) is 4.76. The van der Waals surface area contributed by atoms with E-state index < -0.39 is 17.6 Å². The van der Waals surface area contributed by atoms with Crippen molar-refractivity contribution in [2.24, 2.45) is 5.73 Å². The van der Waals surface area contributed by atoms with Crippen LogP contribution in [0.3, 0.4) is 0 Å². The Morgan fingerprint density at radius 3 is 2.58 bits per heavy atom. The Morgan fingerprint density at radius 2 is 1.88 bits per heavy atom. The Bertz CT molecular complexity index is 1570. The lowest BCUT2D eigenvalue weighted by Crippen LogP contribution is -2.67. The van der Waals surface area contributed by atoms with Gasteiger partial charge in [-0.2, -0.15) is 5.10 Å². The molecule has 0 aliphatic carbocycles. The fourth-order valence-electron chi connectivity index (χ4n) is 5.56. The Hall–Kier alpha value is -3.51. The SMILES string of the molecule is CN1CCNC(=O)C12CCN(c1ncc(-c3n[nH]c4ccc(O[C@H](N)c5c(Cl)cncc5Cl)cc34)cc1F)CC2. The third-order valence-electron chi connectivity index (χ3n) is 7.84. The molecule has 40 heavy (non-hydrogen) atoms. The maximum Gasteiger partial charge on any atom is 0.240 e. The van der Waals surface area contributed by atoms with Crippen LogP contribution in [-0.4, -0.2) is 69.7 Å². The first-order valence-electron chi connectivity index (χ1n) is 12.9. The Balaban J connectivity index is 1.22. The number of likely N-dealkylation sites (N-methyl/N-ethyl adjacent to an activating group) is 1. The summed E-state index contributed by atoms with van der Waals surface area (Å²) >= 11 is 12.4. The summed E-state index contributed by atoms with van der Waals surface area (Å²) in [6.45, 7) is 2.50. The molecule has 3 aromatic heterocycles. The minimum Gasteiger partial charge on any atom is -0.471 e. The minimum atomic E-state index is -0.933. The highest BCUT2D eigenvalue weighted by Gasteiger charge is 2.46. The van der Waals surface area contributed by atoms with E-state index in [1.165, 1.54) is 18.5 Å². The van der Waals surface area contributed by atoms with E-state index in [9.17, 15) is 4.79 Å². The summed E-state index contributed by atoms with van der Waals surface area (Å²) in [5.41, 5.74) is 7.87. The molecule has 0 saturated carbocycles. The maximum atomic E-state index is 15.4. The van der Waals surface area contributed by atoms with Crippen LogP contribution in [0.4, 0.5) is 10.2 Å². The van der Waals surface area contributed by atoms with E-state index in [1.54, 1.807) is 24.4 Å². The Morgan fingerprint density at radius 1 is 1.12 bits per heavy atom. The quantitative estimate of drug-likeness (QED) is 0.301. The number of ether oxygens (including phenoxy) is 1. The monoisotopic (exact) mass is 584 g/mol. The van der Waals surface area contributed by atoms with Crippen LogP contribution in [0.5, 0.6) is 5.75 Å². The van der Waals surface area contributed by atoms with Crippen molar-refractivity contribution >= 4 is 45.8 Å². The van der Waals surface area contributed by atoms with Crippen molar-refractivity contribution < 1.29 is 13.9 Å². The molecule has 2 aliphatic heterocycles. The summed E-state index contributed by atoms with van der Waals surface area (Å²) in [5.74, 6) is 0.308. The smallest absolute Gasteiger partial charge is 0.240 e. The minimum absolute atomic E-state index is 0.0476. The normalized spacial score (nSPS) is 18.2. The fraction of sp³-hybridized carbons (Fsp3) is 0.333. The predicted octanol–water partition coefficient (Wildman–Crippen LogP) is 3.90. The Kier molecular flexibility index (Phi) is 6.99. The van der Waals surface area contributed by atoms with Gasteiger partial charge in [0, 0.05) is 61.3 Å². The molecule has 0 radical (unpaired) electrons. The molecular weight excluding hydrogens is 558 g/mol. The number of fused-ring (bicyclic) bond motifs is 1. The molecule has 0 bridgehead atoms. The first-order chi connectivity index (χ1) is 19.3. The number of benzene rings is 1. The zero-order valence-corrected chi connectivity index (χ0v) is 23.1. The molecule has 2 saturated heterocycles. The van der Waals surface area contributed by atoms with Gasteiger partial charge in [-0.3, -0.25) is 25.5 Å². The number of carbonyl (C=O) groups is 1. The predicted molar refractivity (Wildman–Crippen MR) is 151 cm³/mol. The molecule has 208 valence electrons. The number of H-pyrrole nitrogens is 1. The number of aromatic nitrogens is 4. The van der Waals surface area contributed by atoms with Gasteiger partial charge in [0.2, 0.25) is 5.91 Å². The molecule has 1 atom stereocenters. The molecule has 5 heterocycles. The summed E-state index contributed by atoms with van der Waals surface area (Å²) in [4.78, 5) is 25.1. The van der Waals surface area contributed by atoms with Crippen LogP contribution in [0, 0.1) is 5.82 Å². The van der Waals surface area contributed by atoms with Crippen molar-refractivity contribution in [2.45, 2.75) is 24.6 Å². The fourth-order valence-corrected chi connectivity index (χ4v) is 6.14. The van der Waals surface area contributed by atoms with Gasteiger partial charge in [-0.05, 0) is 44.2 Å². The average molecular weight is 585 g/mol. The lowest BCUT2D eigenvalue weighted by atomic mass is 9.83. The highest BCUT2D eigenvalue weighted by Crippen LogP contribution is 2.36. The first-order valence-corrected chi connectivity index (χ1v) is 13.6. The van der Waals surface area contributed by atoms with Crippen LogP contribution in [0.15, 0.2) is 42.9 Å². The number of nitrogens with one attached hydrogen (secondary N) is 2. The van der Waals surface area contributed by atoms with E-state index in [-0.39, 0.29) is 11.7 Å². The third kappa shape index (κ3) is 4.62. The van der Waals surface area contributed by atoms with E-state index in [2.05, 4.69) is 30.4 Å². The molecule has 0 unspecified atom stereocenters. The molecule has 2 aliphatic rings. The van der Waals surface area contributed by atoms with Gasteiger partial charge in [0.15, 0.2) is 17.9 Å². The standard InChI is InChI=1S/C27H27Cl2FN8O2/c1-37-9-6-33-26(39)27(37)4-7-38(8-5-27)25-20(30)10-15(12-34-25)23-17-11-16(2-3-21(17)35-36-23)40-24(31)22-18(28)13-32-14-19(22)29/h2-3,10-14,24H,4-9,31H2,1H3,(H,33,39)(H,35,36)/t24-/m0/s1. The molecule has 4 aromatic rings. The average Bonchev–Trinajstić information content (AvgIpc) is 3.35. The van der Waals surface area contributed by atoms with Gasteiger partial charge in [-0.1, -0.05) is 23.2 Å². The molecule has 6 rings (SSSR count). The highest BCUT2D eigenvalue weighted by atomic mass is 35.5. The van der Waals surface area contributed by atoms with Crippen molar-refractivity contribution in [3.05, 3.63) is 64.3 Å². The summed E-state index contributed by atoms with van der Waals surface area (Å²) < 4.78 is 21.4. The van der Waals surface area contributed by atoms with E-state index in [0.717, 1.165) is 12.1 Å². The number of aromatic amines is 1. The summed E-state index contributed by atoms with van der Waals surface area (Å²) in [5, 5.41) is 11.6. The number of piperazine rings is 1. The molecule has 13 heteroatoms. The number of pyridine rings is 2. The van der Waals surface area contributed by atoms with Crippen molar-refractivity contribution in [1.29, 1.82) is 0 Å². The number of nitrogens with zero attached hydrogens (tertiary/aromatic N) is 5. The summed E-state index contributed by atoms with van der Waals surface area (Å²) in [6, 6.07) is 6.72. The molecule has 10 nitrogen and oxygen atoms in total. The number of halogens is 3. The van der Waals surface area contributed by atoms with Crippen LogP contribution in [0.1, 0.15) is 24.6 Å². The molecule has 2 fully saturated rings. The van der Waals surface area contributed by atoms with Crippen molar-refractivity contribution in [3.63, 3.8) is 0 Å². The number of carbonyl (C=O) groups excluding carboxylic acids is 1. The number of hydrogen-bond donors (Lipinski definition) is 3. The van der Waals surface area contributed by atoms with Gasteiger partial charge in [0.1, 0.15) is 17.0 Å². The van der Waals surface area contributed by atoms with E-state index in [0.29, 0.717) is 70.5 Å². The van der Waals surface area contributed by atoms with Crippen molar-refractivity contribution in [3.8, 4) is 17.0 Å². The van der Waals surface area contributed by atoms with Crippen molar-refractivity contribution in [2.75, 3.05) is 38.1 Å². The molecule has 1 amide bonds. The number of anilines is 1. The third-order valence-corrected chi connectivity index (χ3v) is 8.45. The van der Waals surface area contributed by atoms with Gasteiger partial charge < -0.3 is 15.0 Å².